The standard InChI is InChI=1S/C9H17NO/c1-5-6-7(2)9(10-4)8(3)11/h7H,5-6H2,1-4H3. The summed E-state index contributed by atoms with van der Waals surface area (Å²) >= 11 is 0. The Balaban J connectivity index is 4.16. The van der Waals surface area contributed by atoms with Gasteiger partial charge in [0.05, 0.1) is 5.71 Å². The van der Waals surface area contributed by atoms with Crippen molar-refractivity contribution in [2.24, 2.45) is 10.9 Å². The van der Waals surface area contributed by atoms with E-state index in [0.717, 1.165) is 18.6 Å². The molecule has 1 unspecified atom stereocenters. The Morgan fingerprint density at radius 3 is 2.36 bits per heavy atom. The van der Waals surface area contributed by atoms with Crippen molar-refractivity contribution in [3.05, 3.63) is 0 Å². The SMILES string of the molecule is CCCC(C)C(=NC)C(C)=O. The highest BCUT2D eigenvalue weighted by molar-refractivity contribution is 6.39. The van der Waals surface area contributed by atoms with E-state index in [2.05, 4.69) is 11.9 Å². The van der Waals surface area contributed by atoms with Crippen molar-refractivity contribution in [3.8, 4) is 0 Å². The topological polar surface area (TPSA) is 29.4 Å². The first-order valence-corrected chi connectivity index (χ1v) is 4.11. The van der Waals surface area contributed by atoms with E-state index in [1.807, 2.05) is 6.92 Å². The van der Waals surface area contributed by atoms with Gasteiger partial charge in [0.25, 0.3) is 0 Å². The Kier molecular flexibility index (Phi) is 4.75. The molecule has 0 heterocycles. The smallest absolute Gasteiger partial charge is 0.173 e. The van der Waals surface area contributed by atoms with Crippen molar-refractivity contribution in [2.75, 3.05) is 7.05 Å². The summed E-state index contributed by atoms with van der Waals surface area (Å²) in [6.45, 7) is 5.74. The Bertz CT molecular complexity index is 161. The van der Waals surface area contributed by atoms with Gasteiger partial charge in [-0.15, -0.1) is 0 Å². The van der Waals surface area contributed by atoms with Crippen LogP contribution in [0.3, 0.4) is 0 Å². The molecule has 0 aromatic rings. The van der Waals surface area contributed by atoms with Crippen molar-refractivity contribution >= 4 is 11.5 Å². The number of carbonyl (C=O) groups excluding carboxylic acids is 1. The van der Waals surface area contributed by atoms with Crippen LogP contribution in [0.1, 0.15) is 33.6 Å². The highest BCUT2D eigenvalue weighted by Crippen LogP contribution is 2.07. The molecule has 0 saturated heterocycles. The lowest BCUT2D eigenvalue weighted by atomic mass is 9.98. The third kappa shape index (κ3) is 3.30. The lowest BCUT2D eigenvalue weighted by Crippen LogP contribution is -2.19. The summed E-state index contributed by atoms with van der Waals surface area (Å²) in [7, 11) is 1.68. The van der Waals surface area contributed by atoms with Crippen LogP contribution in [0.25, 0.3) is 0 Å². The molecule has 0 saturated carbocycles. The molecular formula is C9H17NO. The van der Waals surface area contributed by atoms with Crippen molar-refractivity contribution in [2.45, 2.75) is 33.6 Å². The van der Waals surface area contributed by atoms with Crippen molar-refractivity contribution in [1.82, 2.24) is 0 Å². The van der Waals surface area contributed by atoms with Crippen LogP contribution in [-0.4, -0.2) is 18.5 Å². The van der Waals surface area contributed by atoms with Crippen LogP contribution in [0.4, 0.5) is 0 Å². The van der Waals surface area contributed by atoms with Crippen LogP contribution in [0.15, 0.2) is 4.99 Å². The minimum absolute atomic E-state index is 0.105. The van der Waals surface area contributed by atoms with E-state index in [4.69, 9.17) is 0 Å². The van der Waals surface area contributed by atoms with E-state index in [-0.39, 0.29) is 5.78 Å². The number of carbonyl (C=O) groups is 1. The molecule has 0 radical (unpaired) electrons. The van der Waals surface area contributed by atoms with Gasteiger partial charge < -0.3 is 0 Å². The zero-order valence-corrected chi connectivity index (χ0v) is 7.85. The van der Waals surface area contributed by atoms with Crippen molar-refractivity contribution in [3.63, 3.8) is 0 Å². The van der Waals surface area contributed by atoms with Crippen LogP contribution >= 0.6 is 0 Å². The number of hydrogen-bond donors (Lipinski definition) is 0. The minimum atomic E-state index is 0.105. The Labute approximate surface area is 68.7 Å². The molecule has 1 atom stereocenters. The molecule has 0 aromatic heterocycles. The maximum absolute atomic E-state index is 11.0. The van der Waals surface area contributed by atoms with Crippen LogP contribution < -0.4 is 0 Å². The van der Waals surface area contributed by atoms with Gasteiger partial charge in [-0.2, -0.15) is 0 Å². The summed E-state index contributed by atoms with van der Waals surface area (Å²) in [6, 6.07) is 0. The molecule has 0 amide bonds. The summed E-state index contributed by atoms with van der Waals surface area (Å²) < 4.78 is 0. The summed E-state index contributed by atoms with van der Waals surface area (Å²) in [6.07, 6.45) is 2.15. The first-order valence-electron chi connectivity index (χ1n) is 4.11. The molecule has 0 rings (SSSR count). The van der Waals surface area contributed by atoms with Gasteiger partial charge in [0, 0.05) is 19.9 Å². The van der Waals surface area contributed by atoms with Crippen molar-refractivity contribution < 1.29 is 4.79 Å². The Hall–Kier alpha value is -0.660. The van der Waals surface area contributed by atoms with E-state index in [1.54, 1.807) is 14.0 Å². The fourth-order valence-corrected chi connectivity index (χ4v) is 1.29. The molecule has 0 bridgehead atoms. The highest BCUT2D eigenvalue weighted by Gasteiger charge is 2.12. The second kappa shape index (κ2) is 5.05. The highest BCUT2D eigenvalue weighted by atomic mass is 16.1. The molecule has 2 heteroatoms. The molecule has 0 aliphatic heterocycles. The number of nitrogens with zero attached hydrogens (tertiary/aromatic N) is 1. The molecular weight excluding hydrogens is 138 g/mol. The average molecular weight is 155 g/mol. The lowest BCUT2D eigenvalue weighted by molar-refractivity contribution is -0.111. The van der Waals surface area contributed by atoms with E-state index >= 15 is 0 Å². The largest absolute Gasteiger partial charge is 0.293 e. The normalized spacial score (nSPS) is 14.7. The maximum Gasteiger partial charge on any atom is 0.173 e. The zero-order valence-electron chi connectivity index (χ0n) is 7.85. The summed E-state index contributed by atoms with van der Waals surface area (Å²) in [5, 5.41) is 0. The fraction of sp³-hybridized carbons (Fsp3) is 0.778. The van der Waals surface area contributed by atoms with Gasteiger partial charge >= 0.3 is 0 Å². The Morgan fingerprint density at radius 1 is 1.55 bits per heavy atom. The van der Waals surface area contributed by atoms with E-state index in [0.29, 0.717) is 5.92 Å². The van der Waals surface area contributed by atoms with E-state index in [9.17, 15) is 4.79 Å². The van der Waals surface area contributed by atoms with Gasteiger partial charge in [-0.3, -0.25) is 9.79 Å². The first kappa shape index (κ1) is 10.3. The molecule has 0 aromatic carbocycles. The van der Waals surface area contributed by atoms with Crippen LogP contribution in [0.5, 0.6) is 0 Å². The molecule has 0 aliphatic rings. The third-order valence-electron chi connectivity index (χ3n) is 1.79. The van der Waals surface area contributed by atoms with E-state index < -0.39 is 0 Å². The summed E-state index contributed by atoms with van der Waals surface area (Å²) in [5.41, 5.74) is 0.729. The van der Waals surface area contributed by atoms with Crippen LogP contribution in [-0.2, 0) is 4.79 Å². The molecule has 2 nitrogen and oxygen atoms in total. The minimum Gasteiger partial charge on any atom is -0.293 e. The zero-order chi connectivity index (χ0) is 8.85. The second-order valence-corrected chi connectivity index (χ2v) is 2.85. The summed E-state index contributed by atoms with van der Waals surface area (Å²) in [5.74, 6) is 0.427. The monoisotopic (exact) mass is 155 g/mol. The maximum atomic E-state index is 11.0. The van der Waals surface area contributed by atoms with Gasteiger partial charge in [0.2, 0.25) is 0 Å². The number of hydrogen-bond acceptors (Lipinski definition) is 2. The predicted octanol–water partition coefficient (Wildman–Crippen LogP) is 2.08. The molecule has 0 N–H and O–H groups in total. The van der Waals surface area contributed by atoms with Gasteiger partial charge in [0.1, 0.15) is 0 Å². The van der Waals surface area contributed by atoms with Gasteiger partial charge in [-0.05, 0) is 6.42 Å². The predicted molar refractivity (Wildman–Crippen MR) is 48.1 cm³/mol. The van der Waals surface area contributed by atoms with Crippen LogP contribution in [0.2, 0.25) is 0 Å². The van der Waals surface area contributed by atoms with Gasteiger partial charge in [-0.1, -0.05) is 20.3 Å². The third-order valence-corrected chi connectivity index (χ3v) is 1.79. The average Bonchev–Trinajstić information content (AvgIpc) is 1.88. The van der Waals surface area contributed by atoms with Crippen LogP contribution in [0, 0.1) is 5.92 Å². The lowest BCUT2D eigenvalue weighted by Gasteiger charge is -2.09. The fourth-order valence-electron chi connectivity index (χ4n) is 1.29. The summed E-state index contributed by atoms with van der Waals surface area (Å²) in [4.78, 5) is 14.9. The van der Waals surface area contributed by atoms with E-state index in [1.165, 1.54) is 0 Å². The first-order chi connectivity index (χ1) is 5.13. The van der Waals surface area contributed by atoms with Gasteiger partial charge in [-0.25, -0.2) is 0 Å². The number of aliphatic imine (C=N–C) groups is 1. The van der Waals surface area contributed by atoms with Gasteiger partial charge in [0.15, 0.2) is 5.78 Å². The molecule has 0 spiro atoms. The molecule has 11 heavy (non-hydrogen) atoms. The van der Waals surface area contributed by atoms with Crippen molar-refractivity contribution in [1.29, 1.82) is 0 Å². The second-order valence-electron chi connectivity index (χ2n) is 2.85. The number of rotatable bonds is 4. The molecule has 0 fully saturated rings. The quantitative estimate of drug-likeness (QED) is 0.571. The Morgan fingerprint density at radius 2 is 2.09 bits per heavy atom. The molecule has 64 valence electrons. The number of ketones is 1. The molecule has 0 aliphatic carbocycles. The number of Topliss-reactive ketones (excluding diaryl/α,β-unsaturated/α-hetero) is 1.